The van der Waals surface area contributed by atoms with Gasteiger partial charge >= 0.3 is 0 Å². The molecule has 9 heteroatoms. The number of benzene rings is 2. The lowest BCUT2D eigenvalue weighted by atomic mass is 10.1. The summed E-state index contributed by atoms with van der Waals surface area (Å²) in [6.07, 6.45) is 4.98. The lowest BCUT2D eigenvalue weighted by molar-refractivity contribution is -0.120. The number of ether oxygens (including phenoxy) is 2. The lowest BCUT2D eigenvalue weighted by Gasteiger charge is -2.20. The summed E-state index contributed by atoms with van der Waals surface area (Å²) in [5, 5.41) is 2.73. The molecule has 2 aromatic heterocycles. The van der Waals surface area contributed by atoms with Crippen LogP contribution in [0.3, 0.4) is 0 Å². The Labute approximate surface area is 213 Å². The number of anilines is 1. The quantitative estimate of drug-likeness (QED) is 0.439. The molecule has 4 aromatic rings. The molecule has 1 atom stereocenters. The Hall–Kier alpha value is -5.10. The average molecular weight is 494 g/mol. The first-order valence-electron chi connectivity index (χ1n) is 11.5. The van der Waals surface area contributed by atoms with Crippen molar-refractivity contribution in [2.24, 2.45) is 7.05 Å². The fraction of sp³-hybridized carbons (Fsp3) is 0.143. The largest absolute Gasteiger partial charge is 0.489 e. The van der Waals surface area contributed by atoms with E-state index in [-0.39, 0.29) is 18.2 Å². The van der Waals surface area contributed by atoms with Gasteiger partial charge in [-0.05, 0) is 42.3 Å². The molecule has 1 aliphatic heterocycles. The van der Waals surface area contributed by atoms with E-state index in [1.165, 1.54) is 17.2 Å². The van der Waals surface area contributed by atoms with Crippen LogP contribution in [0.1, 0.15) is 21.7 Å². The van der Waals surface area contributed by atoms with Crippen molar-refractivity contribution in [1.82, 2.24) is 19.9 Å². The number of aromatic nitrogens is 3. The highest BCUT2D eigenvalue weighted by atomic mass is 16.5. The average Bonchev–Trinajstić information content (AvgIpc) is 3.30. The summed E-state index contributed by atoms with van der Waals surface area (Å²) >= 11 is 0. The summed E-state index contributed by atoms with van der Waals surface area (Å²) in [4.78, 5) is 36.0. The molecule has 3 heterocycles. The first-order chi connectivity index (χ1) is 18.0. The van der Waals surface area contributed by atoms with Gasteiger partial charge in [0.1, 0.15) is 41.3 Å². The van der Waals surface area contributed by atoms with Crippen molar-refractivity contribution in [1.29, 1.82) is 0 Å². The second-order valence-corrected chi connectivity index (χ2v) is 8.38. The van der Waals surface area contributed by atoms with Gasteiger partial charge in [-0.2, -0.15) is 0 Å². The maximum atomic E-state index is 13.2. The van der Waals surface area contributed by atoms with E-state index in [0.717, 1.165) is 0 Å². The number of carbonyl (C=O) groups excluding carboxylic acids is 2. The minimum absolute atomic E-state index is 0.0267. The highest BCUT2D eigenvalue weighted by Crippen LogP contribution is 2.31. The number of nitrogens with one attached hydrogen (secondary N) is 1. The van der Waals surface area contributed by atoms with Crippen LogP contribution in [-0.2, 0) is 11.8 Å². The fourth-order valence-corrected chi connectivity index (χ4v) is 3.75. The van der Waals surface area contributed by atoms with Gasteiger partial charge in [-0.3, -0.25) is 14.6 Å². The molecule has 0 saturated carbocycles. The molecule has 1 aliphatic rings. The summed E-state index contributed by atoms with van der Waals surface area (Å²) < 4.78 is 13.5. The summed E-state index contributed by atoms with van der Waals surface area (Å²) in [6, 6.07) is 16.8. The van der Waals surface area contributed by atoms with E-state index in [1.807, 2.05) is 54.2 Å². The van der Waals surface area contributed by atoms with Gasteiger partial charge in [0.05, 0.1) is 12.0 Å². The van der Waals surface area contributed by atoms with Crippen LogP contribution in [0.4, 0.5) is 5.69 Å². The number of hydrogen-bond donors (Lipinski definition) is 1. The maximum absolute atomic E-state index is 13.2. The van der Waals surface area contributed by atoms with Gasteiger partial charge in [-0.15, -0.1) is 0 Å². The van der Waals surface area contributed by atoms with E-state index < -0.39 is 11.9 Å². The van der Waals surface area contributed by atoms with Crippen LogP contribution in [0.25, 0.3) is 0 Å². The summed E-state index contributed by atoms with van der Waals surface area (Å²) in [5.41, 5.74) is 2.03. The summed E-state index contributed by atoms with van der Waals surface area (Å²) in [7, 11) is 3.51. The molecular formula is C28H23N5O4. The van der Waals surface area contributed by atoms with Crippen molar-refractivity contribution < 1.29 is 19.1 Å². The number of hydrogen-bond acceptors (Lipinski definition) is 6. The smallest absolute Gasteiger partial charge is 0.270 e. The Morgan fingerprint density at radius 2 is 1.89 bits per heavy atom. The predicted molar refractivity (Wildman–Crippen MR) is 137 cm³/mol. The van der Waals surface area contributed by atoms with Crippen molar-refractivity contribution in [3.05, 3.63) is 96.3 Å². The first kappa shape index (κ1) is 23.6. The fourth-order valence-electron chi connectivity index (χ4n) is 3.75. The summed E-state index contributed by atoms with van der Waals surface area (Å²) in [6.45, 7) is -0.0267. The van der Waals surface area contributed by atoms with E-state index in [1.54, 1.807) is 31.6 Å². The van der Waals surface area contributed by atoms with E-state index in [4.69, 9.17) is 9.47 Å². The van der Waals surface area contributed by atoms with Gasteiger partial charge < -0.3 is 24.3 Å². The number of pyridine rings is 1. The molecule has 0 unspecified atom stereocenters. The number of carbonyl (C=O) groups is 2. The molecule has 0 saturated heterocycles. The van der Waals surface area contributed by atoms with Gasteiger partial charge in [-0.25, -0.2) is 4.98 Å². The number of rotatable bonds is 4. The van der Waals surface area contributed by atoms with Gasteiger partial charge in [0.15, 0.2) is 0 Å². The molecule has 0 spiro atoms. The monoisotopic (exact) mass is 493 g/mol. The van der Waals surface area contributed by atoms with Crippen LogP contribution in [0.2, 0.25) is 0 Å². The van der Waals surface area contributed by atoms with Crippen LogP contribution >= 0.6 is 0 Å². The van der Waals surface area contributed by atoms with Crippen LogP contribution in [0.15, 0.2) is 79.4 Å². The third-order valence-electron chi connectivity index (χ3n) is 5.64. The first-order valence-corrected chi connectivity index (χ1v) is 11.5. The van der Waals surface area contributed by atoms with E-state index >= 15 is 0 Å². The number of nitrogens with zero attached hydrogens (tertiary/aromatic N) is 4. The molecule has 1 N–H and O–H groups in total. The van der Waals surface area contributed by atoms with Crippen molar-refractivity contribution >= 4 is 17.5 Å². The molecule has 9 nitrogen and oxygen atoms in total. The Bertz CT molecular complexity index is 1520. The minimum Gasteiger partial charge on any atom is -0.489 e. The molecule has 0 fully saturated rings. The minimum atomic E-state index is -0.909. The van der Waals surface area contributed by atoms with Gasteiger partial charge in [0.25, 0.3) is 11.8 Å². The van der Waals surface area contributed by atoms with Gasteiger partial charge in [-0.1, -0.05) is 24.1 Å². The zero-order valence-electron chi connectivity index (χ0n) is 20.2. The zero-order chi connectivity index (χ0) is 25.8. The molecule has 5 rings (SSSR count). The second-order valence-electron chi connectivity index (χ2n) is 8.38. The number of fused-ring (bicyclic) bond motifs is 1. The third kappa shape index (κ3) is 5.44. The highest BCUT2D eigenvalue weighted by Gasteiger charge is 2.31. The molecule has 184 valence electrons. The Morgan fingerprint density at radius 3 is 2.68 bits per heavy atom. The standard InChI is InChI=1S/C28H23N5O4/c1-32-16-20(30-18-32)10-8-19-9-11-26-25(14-19)33(2)28(35)24(17-36-26)31-27(34)23-15-22(12-13-29-23)37-21-6-4-3-5-7-21/h3-7,9,11-16,18,24H,17H2,1-2H3,(H,31,34)/t24-/m1/s1. The third-order valence-corrected chi connectivity index (χ3v) is 5.64. The van der Waals surface area contributed by atoms with E-state index in [2.05, 4.69) is 27.1 Å². The van der Waals surface area contributed by atoms with Crippen LogP contribution < -0.4 is 19.7 Å². The Morgan fingerprint density at radius 1 is 1.05 bits per heavy atom. The van der Waals surface area contributed by atoms with Crippen molar-refractivity contribution in [2.75, 3.05) is 18.6 Å². The van der Waals surface area contributed by atoms with Crippen LogP contribution in [-0.4, -0.2) is 46.0 Å². The molecule has 2 aromatic carbocycles. The van der Waals surface area contributed by atoms with Gasteiger partial charge in [0.2, 0.25) is 0 Å². The van der Waals surface area contributed by atoms with Crippen molar-refractivity contribution in [2.45, 2.75) is 6.04 Å². The molecule has 0 aliphatic carbocycles. The Kier molecular flexibility index (Phi) is 6.55. The molecule has 2 amide bonds. The van der Waals surface area contributed by atoms with Gasteiger partial charge in [0, 0.05) is 38.1 Å². The number of likely N-dealkylation sites (N-methyl/N-ethyl adjacent to an activating group) is 1. The van der Waals surface area contributed by atoms with Crippen LogP contribution in [0.5, 0.6) is 17.2 Å². The number of imidazole rings is 1. The summed E-state index contributed by atoms with van der Waals surface area (Å²) in [5.74, 6) is 6.84. The molecule has 0 bridgehead atoms. The Balaban J connectivity index is 1.29. The number of amides is 2. The zero-order valence-corrected chi connectivity index (χ0v) is 20.2. The van der Waals surface area contributed by atoms with Crippen molar-refractivity contribution in [3.8, 4) is 29.1 Å². The lowest BCUT2D eigenvalue weighted by Crippen LogP contribution is -2.49. The normalized spacial score (nSPS) is 14.5. The molecular weight excluding hydrogens is 470 g/mol. The SMILES string of the molecule is CN1C(=O)[C@H](NC(=O)c2cc(Oc3ccccc3)ccn2)COc2ccc(C#Cc3cn(C)cn3)cc21. The van der Waals surface area contributed by atoms with Crippen molar-refractivity contribution in [3.63, 3.8) is 0 Å². The van der Waals surface area contributed by atoms with E-state index in [9.17, 15) is 9.59 Å². The van der Waals surface area contributed by atoms with Crippen LogP contribution in [0, 0.1) is 11.8 Å². The highest BCUT2D eigenvalue weighted by molar-refractivity contribution is 6.03. The number of aryl methyl sites for hydroxylation is 1. The maximum Gasteiger partial charge on any atom is 0.270 e. The predicted octanol–water partition coefficient (Wildman–Crippen LogP) is 3.16. The second kappa shape index (κ2) is 10.3. The molecule has 0 radical (unpaired) electrons. The topological polar surface area (TPSA) is 98.6 Å². The van der Waals surface area contributed by atoms with E-state index in [0.29, 0.717) is 34.2 Å². The molecule has 37 heavy (non-hydrogen) atoms. The number of para-hydroxylation sites is 1.